The van der Waals surface area contributed by atoms with Gasteiger partial charge >= 0.3 is 0 Å². The minimum Gasteiger partial charge on any atom is -0.496 e. The van der Waals surface area contributed by atoms with Gasteiger partial charge in [-0.15, -0.1) is 10.2 Å². The normalized spacial score (nSPS) is 10.3. The smallest absolute Gasteiger partial charge is 0.203 e. The van der Waals surface area contributed by atoms with Crippen LogP contribution in [0.4, 0.5) is 5.13 Å². The molecular weight excluding hydrogens is 306 g/mol. The van der Waals surface area contributed by atoms with Gasteiger partial charge in [0.05, 0.1) is 24.3 Å². The van der Waals surface area contributed by atoms with E-state index in [9.17, 15) is 0 Å². The van der Waals surface area contributed by atoms with Crippen molar-refractivity contribution < 1.29 is 9.47 Å². The van der Waals surface area contributed by atoms with Crippen LogP contribution in [0.2, 0.25) is 0 Å². The lowest BCUT2D eigenvalue weighted by Gasteiger charge is -2.10. The highest BCUT2D eigenvalue weighted by Crippen LogP contribution is 2.39. The molecule has 0 fully saturated rings. The summed E-state index contributed by atoms with van der Waals surface area (Å²) in [7, 11) is 3.19. The second-order valence-electron chi connectivity index (χ2n) is 3.13. The van der Waals surface area contributed by atoms with E-state index < -0.39 is 0 Å². The molecule has 0 radical (unpaired) electrons. The highest BCUT2D eigenvalue weighted by atomic mass is 79.9. The summed E-state index contributed by atoms with van der Waals surface area (Å²) in [6, 6.07) is 3.66. The van der Waals surface area contributed by atoms with E-state index in [1.165, 1.54) is 11.3 Å². The Bertz CT molecular complexity index is 544. The lowest BCUT2D eigenvalue weighted by molar-refractivity contribution is 0.393. The van der Waals surface area contributed by atoms with Gasteiger partial charge in [-0.3, -0.25) is 0 Å². The Kier molecular flexibility index (Phi) is 3.49. The average molecular weight is 316 g/mol. The van der Waals surface area contributed by atoms with E-state index in [4.69, 9.17) is 15.2 Å². The summed E-state index contributed by atoms with van der Waals surface area (Å²) in [4.78, 5) is 0. The average Bonchev–Trinajstić information content (AvgIpc) is 2.75. The monoisotopic (exact) mass is 315 g/mol. The number of hydrogen-bond acceptors (Lipinski definition) is 6. The minimum absolute atomic E-state index is 0.425. The molecule has 17 heavy (non-hydrogen) atoms. The molecule has 0 aliphatic heterocycles. The van der Waals surface area contributed by atoms with Crippen LogP contribution < -0.4 is 15.2 Å². The first-order chi connectivity index (χ1) is 8.15. The first-order valence-corrected chi connectivity index (χ1v) is 6.27. The van der Waals surface area contributed by atoms with Crippen LogP contribution in [0.25, 0.3) is 10.6 Å². The lowest BCUT2D eigenvalue weighted by Crippen LogP contribution is -1.91. The fourth-order valence-electron chi connectivity index (χ4n) is 1.37. The molecule has 0 atom stereocenters. The molecule has 2 N–H and O–H groups in total. The van der Waals surface area contributed by atoms with Crippen LogP contribution in [0.1, 0.15) is 0 Å². The number of ether oxygens (including phenoxy) is 2. The van der Waals surface area contributed by atoms with E-state index in [-0.39, 0.29) is 0 Å². The summed E-state index contributed by atoms with van der Waals surface area (Å²) in [6.45, 7) is 0. The molecule has 0 saturated carbocycles. The molecule has 0 unspecified atom stereocenters. The Morgan fingerprint density at radius 1 is 1.18 bits per heavy atom. The second kappa shape index (κ2) is 4.89. The van der Waals surface area contributed by atoms with Gasteiger partial charge in [0.25, 0.3) is 0 Å². The quantitative estimate of drug-likeness (QED) is 0.942. The molecule has 0 bridgehead atoms. The Labute approximate surface area is 111 Å². The van der Waals surface area contributed by atoms with Crippen LogP contribution in [0.3, 0.4) is 0 Å². The summed E-state index contributed by atoms with van der Waals surface area (Å²) in [5.41, 5.74) is 6.40. The topological polar surface area (TPSA) is 70.3 Å². The van der Waals surface area contributed by atoms with Crippen molar-refractivity contribution in [3.63, 3.8) is 0 Å². The second-order valence-corrected chi connectivity index (χ2v) is 5.00. The Hall–Kier alpha value is -1.34. The third-order valence-corrected chi connectivity index (χ3v) is 3.55. The molecule has 5 nitrogen and oxygen atoms in total. The van der Waals surface area contributed by atoms with Gasteiger partial charge in [-0.05, 0) is 22.0 Å². The molecule has 90 valence electrons. The molecule has 7 heteroatoms. The molecule has 0 spiro atoms. The number of aromatic nitrogens is 2. The number of rotatable bonds is 3. The van der Waals surface area contributed by atoms with Crippen molar-refractivity contribution in [2.45, 2.75) is 0 Å². The van der Waals surface area contributed by atoms with E-state index in [2.05, 4.69) is 26.1 Å². The minimum atomic E-state index is 0.425. The van der Waals surface area contributed by atoms with Gasteiger partial charge in [0.1, 0.15) is 11.5 Å². The molecule has 0 saturated heterocycles. The van der Waals surface area contributed by atoms with Crippen molar-refractivity contribution in [2.75, 3.05) is 20.0 Å². The maximum absolute atomic E-state index is 5.57. The van der Waals surface area contributed by atoms with E-state index in [1.54, 1.807) is 20.3 Å². The van der Waals surface area contributed by atoms with Gasteiger partial charge in [0.15, 0.2) is 5.01 Å². The molecule has 2 rings (SSSR count). The number of benzene rings is 1. The molecule has 1 aromatic heterocycles. The Morgan fingerprint density at radius 2 is 1.88 bits per heavy atom. The molecular formula is C10H10BrN3O2S. The van der Waals surface area contributed by atoms with Crippen LogP contribution in [-0.2, 0) is 0 Å². The summed E-state index contributed by atoms with van der Waals surface area (Å²) >= 11 is 4.73. The van der Waals surface area contributed by atoms with Gasteiger partial charge in [-0.25, -0.2) is 0 Å². The number of nitrogen functional groups attached to an aromatic ring is 1. The zero-order valence-electron chi connectivity index (χ0n) is 9.23. The third kappa shape index (κ3) is 2.34. The van der Waals surface area contributed by atoms with Crippen molar-refractivity contribution in [3.05, 3.63) is 16.6 Å². The zero-order valence-corrected chi connectivity index (χ0v) is 11.6. The fourth-order valence-corrected chi connectivity index (χ4v) is 2.51. The van der Waals surface area contributed by atoms with Crippen molar-refractivity contribution in [1.29, 1.82) is 0 Å². The standard InChI is InChI=1S/C10H10BrN3O2S/c1-15-7-4-8(16-2)6(11)3-5(7)9-13-14-10(12)17-9/h3-4H,1-2H3,(H2,12,14). The SMILES string of the molecule is COc1cc(OC)c(-c2nnc(N)s2)cc1Br. The van der Waals surface area contributed by atoms with Crippen molar-refractivity contribution >= 4 is 32.4 Å². The summed E-state index contributed by atoms with van der Waals surface area (Å²) in [5, 5.41) is 8.91. The molecule has 0 amide bonds. The number of nitrogens with two attached hydrogens (primary N) is 1. The molecule has 1 aromatic carbocycles. The third-order valence-electron chi connectivity index (χ3n) is 2.14. The lowest BCUT2D eigenvalue weighted by atomic mass is 10.2. The maximum Gasteiger partial charge on any atom is 0.203 e. The van der Waals surface area contributed by atoms with Crippen LogP contribution in [0.5, 0.6) is 11.5 Å². The van der Waals surface area contributed by atoms with E-state index in [0.717, 1.165) is 10.0 Å². The van der Waals surface area contributed by atoms with Crippen LogP contribution in [0, 0.1) is 0 Å². The number of halogens is 1. The fraction of sp³-hybridized carbons (Fsp3) is 0.200. The highest BCUT2D eigenvalue weighted by molar-refractivity contribution is 9.10. The summed E-state index contributed by atoms with van der Waals surface area (Å²) in [5.74, 6) is 1.37. The Balaban J connectivity index is 2.57. The molecule has 0 aliphatic carbocycles. The van der Waals surface area contributed by atoms with E-state index in [1.807, 2.05) is 6.07 Å². The van der Waals surface area contributed by atoms with Crippen molar-refractivity contribution in [1.82, 2.24) is 10.2 Å². The maximum atomic E-state index is 5.57. The van der Waals surface area contributed by atoms with Gasteiger partial charge in [-0.1, -0.05) is 11.3 Å². The van der Waals surface area contributed by atoms with Gasteiger partial charge < -0.3 is 15.2 Å². The summed E-state index contributed by atoms with van der Waals surface area (Å²) in [6.07, 6.45) is 0. The molecule has 1 heterocycles. The zero-order chi connectivity index (χ0) is 12.4. The largest absolute Gasteiger partial charge is 0.496 e. The molecule has 0 aliphatic rings. The van der Waals surface area contributed by atoms with E-state index in [0.29, 0.717) is 21.6 Å². The number of hydrogen-bond donors (Lipinski definition) is 1. The van der Waals surface area contributed by atoms with Gasteiger partial charge in [0.2, 0.25) is 5.13 Å². The van der Waals surface area contributed by atoms with Crippen molar-refractivity contribution in [2.24, 2.45) is 0 Å². The van der Waals surface area contributed by atoms with Crippen molar-refractivity contribution in [3.8, 4) is 22.1 Å². The number of anilines is 1. The van der Waals surface area contributed by atoms with Gasteiger partial charge in [-0.2, -0.15) is 0 Å². The van der Waals surface area contributed by atoms with Crippen LogP contribution in [-0.4, -0.2) is 24.4 Å². The van der Waals surface area contributed by atoms with Crippen LogP contribution in [0.15, 0.2) is 16.6 Å². The molecule has 2 aromatic rings. The van der Waals surface area contributed by atoms with Gasteiger partial charge in [0, 0.05) is 6.07 Å². The summed E-state index contributed by atoms with van der Waals surface area (Å²) < 4.78 is 11.3. The predicted octanol–water partition coefficient (Wildman–Crippen LogP) is 2.57. The predicted molar refractivity (Wildman–Crippen MR) is 70.6 cm³/mol. The number of methoxy groups -OCH3 is 2. The first kappa shape index (κ1) is 12.1. The number of nitrogens with zero attached hydrogens (tertiary/aromatic N) is 2. The Morgan fingerprint density at radius 3 is 2.41 bits per heavy atom. The first-order valence-electron chi connectivity index (χ1n) is 4.66. The van der Waals surface area contributed by atoms with Crippen LogP contribution >= 0.6 is 27.3 Å². The van der Waals surface area contributed by atoms with E-state index >= 15 is 0 Å². The highest BCUT2D eigenvalue weighted by Gasteiger charge is 2.14.